The van der Waals surface area contributed by atoms with Crippen LogP contribution in [0.3, 0.4) is 0 Å². The van der Waals surface area contributed by atoms with Gasteiger partial charge >= 0.3 is 0 Å². The van der Waals surface area contributed by atoms with Crippen LogP contribution in [0.25, 0.3) is 0 Å². The second-order valence-corrected chi connectivity index (χ2v) is 4.33. The van der Waals surface area contributed by atoms with Gasteiger partial charge in [-0.2, -0.15) is 0 Å². The Bertz CT molecular complexity index is 450. The van der Waals surface area contributed by atoms with E-state index in [1.807, 2.05) is 6.07 Å². The zero-order valence-electron chi connectivity index (χ0n) is 10.5. The quantitative estimate of drug-likeness (QED) is 0.815. The van der Waals surface area contributed by atoms with Gasteiger partial charge in [-0.05, 0) is 36.1 Å². The third kappa shape index (κ3) is 3.90. The fourth-order valence-corrected chi connectivity index (χ4v) is 1.91. The summed E-state index contributed by atoms with van der Waals surface area (Å²) in [5, 5.41) is 12.2. The van der Waals surface area contributed by atoms with Crippen molar-refractivity contribution in [3.05, 3.63) is 65.7 Å². The van der Waals surface area contributed by atoms with Gasteiger partial charge in [0.2, 0.25) is 0 Å². The Balaban J connectivity index is 1.80. The minimum absolute atomic E-state index is 0.209. The Labute approximate surface area is 108 Å². The molecule has 2 rings (SSSR count). The lowest BCUT2D eigenvalue weighted by atomic mass is 10.1. The predicted octanol–water partition coefficient (Wildman–Crippen LogP) is 2.88. The van der Waals surface area contributed by atoms with E-state index in [4.69, 9.17) is 5.11 Å². The van der Waals surface area contributed by atoms with E-state index in [1.165, 1.54) is 11.1 Å². The van der Waals surface area contributed by atoms with Crippen molar-refractivity contribution in [2.75, 3.05) is 18.5 Å². The van der Waals surface area contributed by atoms with Crippen LogP contribution in [-0.2, 0) is 12.8 Å². The fourth-order valence-electron chi connectivity index (χ4n) is 1.91. The van der Waals surface area contributed by atoms with Crippen LogP contribution in [0, 0.1) is 0 Å². The molecule has 0 amide bonds. The zero-order valence-corrected chi connectivity index (χ0v) is 10.5. The molecule has 18 heavy (non-hydrogen) atoms. The fraction of sp³-hybridized carbons (Fsp3) is 0.250. The summed E-state index contributed by atoms with van der Waals surface area (Å²) in [5.74, 6) is 0. The summed E-state index contributed by atoms with van der Waals surface area (Å²) in [6.45, 7) is 1.14. The second-order valence-electron chi connectivity index (χ2n) is 4.33. The van der Waals surface area contributed by atoms with Crippen LogP contribution in [0.4, 0.5) is 5.69 Å². The number of rotatable bonds is 6. The zero-order chi connectivity index (χ0) is 12.6. The van der Waals surface area contributed by atoms with Crippen LogP contribution in [0.2, 0.25) is 0 Å². The Morgan fingerprint density at radius 1 is 0.778 bits per heavy atom. The van der Waals surface area contributed by atoms with Crippen LogP contribution >= 0.6 is 0 Å². The molecule has 0 saturated carbocycles. The molecule has 2 heteroatoms. The smallest absolute Gasteiger partial charge is 0.0471 e. The third-order valence-electron chi connectivity index (χ3n) is 2.94. The summed E-state index contributed by atoms with van der Waals surface area (Å²) < 4.78 is 0. The monoisotopic (exact) mass is 241 g/mol. The molecular weight excluding hydrogens is 222 g/mol. The molecule has 0 aliphatic rings. The number of benzene rings is 2. The van der Waals surface area contributed by atoms with E-state index >= 15 is 0 Å². The second kappa shape index (κ2) is 6.82. The first-order chi connectivity index (χ1) is 8.88. The average molecular weight is 241 g/mol. The molecule has 0 bridgehead atoms. The molecule has 0 unspecified atom stereocenters. The van der Waals surface area contributed by atoms with Crippen molar-refractivity contribution in [1.82, 2.24) is 0 Å². The molecule has 2 N–H and O–H groups in total. The van der Waals surface area contributed by atoms with Gasteiger partial charge in [-0.3, -0.25) is 0 Å². The summed E-state index contributed by atoms with van der Waals surface area (Å²) in [4.78, 5) is 0. The SMILES string of the molecule is OCCc1ccc(NCCc2ccccc2)cc1. The molecule has 0 fully saturated rings. The summed E-state index contributed by atoms with van der Waals surface area (Å²) in [6, 6.07) is 18.7. The predicted molar refractivity (Wildman–Crippen MR) is 75.9 cm³/mol. The highest BCUT2D eigenvalue weighted by Crippen LogP contribution is 2.10. The van der Waals surface area contributed by atoms with Crippen molar-refractivity contribution >= 4 is 5.69 Å². The van der Waals surface area contributed by atoms with Gasteiger partial charge in [-0.1, -0.05) is 42.5 Å². The number of anilines is 1. The first kappa shape index (κ1) is 12.7. The maximum atomic E-state index is 8.84. The van der Waals surface area contributed by atoms with Crippen LogP contribution in [0.1, 0.15) is 11.1 Å². The Kier molecular flexibility index (Phi) is 4.79. The van der Waals surface area contributed by atoms with Gasteiger partial charge in [-0.15, -0.1) is 0 Å². The minimum atomic E-state index is 0.209. The molecule has 0 aromatic heterocycles. The molecule has 2 aromatic carbocycles. The molecule has 0 saturated heterocycles. The lowest BCUT2D eigenvalue weighted by Crippen LogP contribution is -2.04. The highest BCUT2D eigenvalue weighted by atomic mass is 16.2. The Morgan fingerprint density at radius 2 is 1.44 bits per heavy atom. The first-order valence-electron chi connectivity index (χ1n) is 6.36. The Hall–Kier alpha value is -1.80. The number of nitrogens with one attached hydrogen (secondary N) is 1. The highest BCUT2D eigenvalue weighted by Gasteiger charge is 1.95. The van der Waals surface area contributed by atoms with Gasteiger partial charge in [0.1, 0.15) is 0 Å². The van der Waals surface area contributed by atoms with Crippen LogP contribution in [-0.4, -0.2) is 18.3 Å². The van der Waals surface area contributed by atoms with Crippen LogP contribution in [0.15, 0.2) is 54.6 Å². The standard InChI is InChI=1S/C16H19NO/c18-13-11-15-6-8-16(9-7-15)17-12-10-14-4-2-1-3-5-14/h1-9,17-18H,10-13H2. The average Bonchev–Trinajstić information content (AvgIpc) is 2.42. The summed E-state index contributed by atoms with van der Waals surface area (Å²) in [7, 11) is 0. The molecule has 2 aromatic rings. The molecule has 2 nitrogen and oxygen atoms in total. The van der Waals surface area contributed by atoms with Gasteiger partial charge < -0.3 is 10.4 Å². The lowest BCUT2D eigenvalue weighted by Gasteiger charge is -2.07. The lowest BCUT2D eigenvalue weighted by molar-refractivity contribution is 0.299. The molecule has 0 aliphatic heterocycles. The Morgan fingerprint density at radius 3 is 2.11 bits per heavy atom. The first-order valence-corrected chi connectivity index (χ1v) is 6.36. The molecule has 0 atom stereocenters. The van der Waals surface area contributed by atoms with E-state index in [9.17, 15) is 0 Å². The molecule has 0 radical (unpaired) electrons. The third-order valence-corrected chi connectivity index (χ3v) is 2.94. The van der Waals surface area contributed by atoms with Crippen LogP contribution < -0.4 is 5.32 Å². The van der Waals surface area contributed by atoms with E-state index < -0.39 is 0 Å². The van der Waals surface area contributed by atoms with Crippen molar-refractivity contribution in [2.45, 2.75) is 12.8 Å². The maximum absolute atomic E-state index is 8.84. The molecule has 0 aliphatic carbocycles. The maximum Gasteiger partial charge on any atom is 0.0471 e. The molecule has 94 valence electrons. The highest BCUT2D eigenvalue weighted by molar-refractivity contribution is 5.44. The van der Waals surface area contributed by atoms with E-state index in [-0.39, 0.29) is 6.61 Å². The van der Waals surface area contributed by atoms with E-state index in [1.54, 1.807) is 0 Å². The summed E-state index contributed by atoms with van der Waals surface area (Å²) in [6.07, 6.45) is 1.75. The van der Waals surface area contributed by atoms with Crippen molar-refractivity contribution in [3.8, 4) is 0 Å². The van der Waals surface area contributed by atoms with Crippen molar-refractivity contribution < 1.29 is 5.11 Å². The summed E-state index contributed by atoms with van der Waals surface area (Å²) in [5.41, 5.74) is 3.65. The van der Waals surface area contributed by atoms with Gasteiger partial charge in [0.25, 0.3) is 0 Å². The molecule has 0 heterocycles. The van der Waals surface area contributed by atoms with Gasteiger partial charge in [0.05, 0.1) is 0 Å². The number of aliphatic hydroxyl groups is 1. The largest absolute Gasteiger partial charge is 0.396 e. The van der Waals surface area contributed by atoms with Crippen molar-refractivity contribution in [3.63, 3.8) is 0 Å². The topological polar surface area (TPSA) is 32.3 Å². The van der Waals surface area contributed by atoms with Gasteiger partial charge in [0.15, 0.2) is 0 Å². The number of hydrogen-bond acceptors (Lipinski definition) is 2. The molecular formula is C16H19NO. The van der Waals surface area contributed by atoms with Gasteiger partial charge in [0, 0.05) is 18.8 Å². The van der Waals surface area contributed by atoms with E-state index in [0.717, 1.165) is 25.1 Å². The minimum Gasteiger partial charge on any atom is -0.396 e. The van der Waals surface area contributed by atoms with Gasteiger partial charge in [-0.25, -0.2) is 0 Å². The van der Waals surface area contributed by atoms with E-state index in [0.29, 0.717) is 0 Å². The summed E-state index contributed by atoms with van der Waals surface area (Å²) >= 11 is 0. The normalized spacial score (nSPS) is 10.3. The number of hydrogen-bond donors (Lipinski definition) is 2. The van der Waals surface area contributed by atoms with E-state index in [2.05, 4.69) is 53.8 Å². The number of aliphatic hydroxyl groups excluding tert-OH is 1. The van der Waals surface area contributed by atoms with Crippen LogP contribution in [0.5, 0.6) is 0 Å². The van der Waals surface area contributed by atoms with Crippen molar-refractivity contribution in [1.29, 1.82) is 0 Å². The molecule has 0 spiro atoms. The van der Waals surface area contributed by atoms with Crippen molar-refractivity contribution in [2.24, 2.45) is 0 Å².